The third-order valence-corrected chi connectivity index (χ3v) is 7.47. The highest BCUT2D eigenvalue weighted by molar-refractivity contribution is 7.99. The number of benzene rings is 2. The van der Waals surface area contributed by atoms with Gasteiger partial charge in [-0.3, -0.25) is 9.36 Å². The Bertz CT molecular complexity index is 1300. The summed E-state index contributed by atoms with van der Waals surface area (Å²) in [5.74, 6) is 0.742. The molecule has 0 spiro atoms. The number of carbonyl (C=O) groups excluding carboxylic acids is 1. The number of aryl methyl sites for hydroxylation is 1. The SMILES string of the molecule is C=CCn1c(SCC(=O)Nc2ncc(Cc3c(Cl)cccc3Cl)s2)nnc1-c1ccc(C)cc1. The number of nitrogens with one attached hydrogen (secondary N) is 1. The normalized spacial score (nSPS) is 10.9. The highest BCUT2D eigenvalue weighted by Crippen LogP contribution is 2.30. The van der Waals surface area contributed by atoms with Gasteiger partial charge in [0.15, 0.2) is 16.1 Å². The molecule has 0 fully saturated rings. The second-order valence-corrected chi connectivity index (χ2v) is 10.3. The molecule has 1 N–H and O–H groups in total. The molecule has 0 atom stereocenters. The Morgan fingerprint density at radius 1 is 1.18 bits per heavy atom. The number of hydrogen-bond acceptors (Lipinski definition) is 6. The predicted octanol–water partition coefficient (Wildman–Crippen LogP) is 6.52. The van der Waals surface area contributed by atoms with Crippen molar-refractivity contribution >= 4 is 57.3 Å². The van der Waals surface area contributed by atoms with E-state index in [1.165, 1.54) is 28.7 Å². The highest BCUT2D eigenvalue weighted by Gasteiger charge is 2.16. The number of nitrogens with zero attached hydrogens (tertiary/aromatic N) is 4. The average molecular weight is 531 g/mol. The molecule has 0 saturated heterocycles. The predicted molar refractivity (Wildman–Crippen MR) is 141 cm³/mol. The maximum Gasteiger partial charge on any atom is 0.236 e. The summed E-state index contributed by atoms with van der Waals surface area (Å²) in [6.45, 7) is 6.41. The van der Waals surface area contributed by atoms with Crippen LogP contribution in [0.2, 0.25) is 10.0 Å². The highest BCUT2D eigenvalue weighted by atomic mass is 35.5. The van der Waals surface area contributed by atoms with Crippen molar-refractivity contribution in [3.05, 3.63) is 87.4 Å². The molecule has 0 aliphatic carbocycles. The van der Waals surface area contributed by atoms with Crippen LogP contribution in [0.3, 0.4) is 0 Å². The lowest BCUT2D eigenvalue weighted by Crippen LogP contribution is -2.14. The number of halogens is 2. The number of carbonyl (C=O) groups is 1. The second-order valence-electron chi connectivity index (χ2n) is 7.42. The van der Waals surface area contributed by atoms with E-state index in [1.54, 1.807) is 24.4 Å². The summed E-state index contributed by atoms with van der Waals surface area (Å²) in [5, 5.41) is 13.9. The zero-order chi connectivity index (χ0) is 24.1. The van der Waals surface area contributed by atoms with E-state index in [0.29, 0.717) is 33.3 Å². The van der Waals surface area contributed by atoms with Crippen LogP contribution in [0.4, 0.5) is 5.13 Å². The molecule has 4 rings (SSSR count). The van der Waals surface area contributed by atoms with Crippen molar-refractivity contribution in [2.24, 2.45) is 0 Å². The number of hydrogen-bond donors (Lipinski definition) is 1. The van der Waals surface area contributed by atoms with Gasteiger partial charge in [0, 0.05) is 39.6 Å². The molecule has 0 aliphatic rings. The smallest absolute Gasteiger partial charge is 0.236 e. The first-order valence-electron chi connectivity index (χ1n) is 10.4. The van der Waals surface area contributed by atoms with E-state index in [0.717, 1.165) is 21.8 Å². The molecule has 0 unspecified atom stereocenters. The quantitative estimate of drug-likeness (QED) is 0.197. The molecule has 0 aliphatic heterocycles. The van der Waals surface area contributed by atoms with E-state index in [-0.39, 0.29) is 11.7 Å². The van der Waals surface area contributed by atoms with Crippen LogP contribution in [-0.2, 0) is 17.8 Å². The summed E-state index contributed by atoms with van der Waals surface area (Å²) < 4.78 is 1.95. The monoisotopic (exact) mass is 529 g/mol. The van der Waals surface area contributed by atoms with E-state index in [4.69, 9.17) is 23.2 Å². The zero-order valence-corrected chi connectivity index (χ0v) is 21.4. The van der Waals surface area contributed by atoms with Crippen LogP contribution in [-0.4, -0.2) is 31.4 Å². The molecule has 0 radical (unpaired) electrons. The Labute approximate surface area is 216 Å². The number of thiazole rings is 1. The summed E-state index contributed by atoms with van der Waals surface area (Å²) in [6.07, 6.45) is 4.06. The summed E-state index contributed by atoms with van der Waals surface area (Å²) in [6, 6.07) is 13.5. The Kier molecular flexibility index (Phi) is 8.05. The summed E-state index contributed by atoms with van der Waals surface area (Å²) in [7, 11) is 0. The Morgan fingerprint density at radius 3 is 2.62 bits per heavy atom. The van der Waals surface area contributed by atoms with Crippen LogP contribution in [0.25, 0.3) is 11.4 Å². The Morgan fingerprint density at radius 2 is 1.91 bits per heavy atom. The maximum absolute atomic E-state index is 12.6. The van der Waals surface area contributed by atoms with E-state index in [9.17, 15) is 4.79 Å². The first-order valence-corrected chi connectivity index (χ1v) is 12.9. The number of aromatic nitrogens is 4. The lowest BCUT2D eigenvalue weighted by molar-refractivity contribution is -0.113. The average Bonchev–Trinajstić information content (AvgIpc) is 3.42. The van der Waals surface area contributed by atoms with Gasteiger partial charge >= 0.3 is 0 Å². The first-order chi connectivity index (χ1) is 16.4. The second kappa shape index (κ2) is 11.2. The number of thioether (sulfide) groups is 1. The minimum Gasteiger partial charge on any atom is -0.301 e. The fourth-order valence-corrected chi connectivity index (χ4v) is 5.33. The maximum atomic E-state index is 12.6. The minimum absolute atomic E-state index is 0.174. The van der Waals surface area contributed by atoms with Gasteiger partial charge < -0.3 is 5.32 Å². The molecule has 2 aromatic heterocycles. The van der Waals surface area contributed by atoms with Crippen LogP contribution in [0.15, 0.2) is 66.5 Å². The van der Waals surface area contributed by atoms with Crippen molar-refractivity contribution in [3.63, 3.8) is 0 Å². The van der Waals surface area contributed by atoms with Crippen molar-refractivity contribution in [2.45, 2.75) is 25.0 Å². The molecule has 0 bridgehead atoms. The molecule has 0 saturated carbocycles. The standard InChI is InChI=1S/C24H21Cl2N5OS2/c1-3-11-31-22(16-9-7-15(2)8-10-16)29-30-24(31)33-14-21(32)28-23-27-13-17(34-23)12-18-19(25)5-4-6-20(18)26/h3-10,13H,1,11-12,14H2,2H3,(H,27,28,32). The molecule has 1 amide bonds. The third-order valence-electron chi connectivity index (χ3n) is 4.88. The van der Waals surface area contributed by atoms with Gasteiger partial charge in [0.05, 0.1) is 5.75 Å². The lowest BCUT2D eigenvalue weighted by Gasteiger charge is -2.08. The Hall–Kier alpha value is -2.65. The van der Waals surface area contributed by atoms with Crippen molar-refractivity contribution in [1.29, 1.82) is 0 Å². The fraction of sp³-hybridized carbons (Fsp3) is 0.167. The molecule has 174 valence electrons. The van der Waals surface area contributed by atoms with Gasteiger partial charge in [-0.25, -0.2) is 4.98 Å². The number of amides is 1. The summed E-state index contributed by atoms with van der Waals surface area (Å²) in [5.41, 5.74) is 2.98. The van der Waals surface area contributed by atoms with E-state index < -0.39 is 0 Å². The molecular formula is C24H21Cl2N5OS2. The summed E-state index contributed by atoms with van der Waals surface area (Å²) >= 11 is 15.2. The van der Waals surface area contributed by atoms with Gasteiger partial charge in [0.1, 0.15) is 0 Å². The van der Waals surface area contributed by atoms with Crippen molar-refractivity contribution < 1.29 is 4.79 Å². The van der Waals surface area contributed by atoms with Crippen molar-refractivity contribution in [1.82, 2.24) is 19.7 Å². The topological polar surface area (TPSA) is 72.7 Å². The van der Waals surface area contributed by atoms with Crippen molar-refractivity contribution in [2.75, 3.05) is 11.1 Å². The Balaban J connectivity index is 1.39. The molecule has 10 heteroatoms. The van der Waals surface area contributed by atoms with Crippen molar-refractivity contribution in [3.8, 4) is 11.4 Å². The molecular weight excluding hydrogens is 509 g/mol. The van der Waals surface area contributed by atoms with Crippen LogP contribution in [0.5, 0.6) is 0 Å². The largest absolute Gasteiger partial charge is 0.301 e. The van der Waals surface area contributed by atoms with Gasteiger partial charge in [-0.05, 0) is 24.6 Å². The van der Waals surface area contributed by atoms with Crippen LogP contribution < -0.4 is 5.32 Å². The molecule has 2 heterocycles. The third kappa shape index (κ3) is 5.88. The lowest BCUT2D eigenvalue weighted by atomic mass is 10.1. The van der Waals surface area contributed by atoms with E-state index in [1.807, 2.05) is 41.8 Å². The number of anilines is 1. The van der Waals surface area contributed by atoms with Crippen LogP contribution >= 0.6 is 46.3 Å². The van der Waals surface area contributed by atoms with E-state index >= 15 is 0 Å². The van der Waals surface area contributed by atoms with Gasteiger partial charge in [-0.1, -0.05) is 76.9 Å². The molecule has 6 nitrogen and oxygen atoms in total. The van der Waals surface area contributed by atoms with E-state index in [2.05, 4.69) is 27.1 Å². The minimum atomic E-state index is -0.174. The molecule has 2 aromatic carbocycles. The number of rotatable bonds is 9. The van der Waals surface area contributed by atoms with Gasteiger partial charge in [0.2, 0.25) is 5.91 Å². The zero-order valence-electron chi connectivity index (χ0n) is 18.3. The van der Waals surface area contributed by atoms with Gasteiger partial charge in [-0.2, -0.15) is 0 Å². The van der Waals surface area contributed by atoms with Gasteiger partial charge in [-0.15, -0.1) is 28.1 Å². The number of allylic oxidation sites excluding steroid dienone is 1. The fourth-order valence-electron chi connectivity index (χ4n) is 3.21. The van der Waals surface area contributed by atoms with Crippen LogP contribution in [0.1, 0.15) is 16.0 Å². The van der Waals surface area contributed by atoms with Gasteiger partial charge in [0.25, 0.3) is 0 Å². The first kappa shape index (κ1) is 24.5. The molecule has 4 aromatic rings. The molecule has 34 heavy (non-hydrogen) atoms. The van der Waals surface area contributed by atoms with Crippen LogP contribution in [0, 0.1) is 6.92 Å². The summed E-state index contributed by atoms with van der Waals surface area (Å²) in [4.78, 5) is 17.8.